The number of carboxylic acid groups (broad SMARTS) is 2. The van der Waals surface area contributed by atoms with Gasteiger partial charge in [-0.1, -0.05) is 58.0 Å². The number of nitrogens with two attached hydrogens (primary N) is 2. The van der Waals surface area contributed by atoms with Crippen LogP contribution in [0.25, 0.3) is 43.7 Å². The molecule has 5 aromatic carbocycles. The van der Waals surface area contributed by atoms with Gasteiger partial charge in [0.2, 0.25) is 11.9 Å². The van der Waals surface area contributed by atoms with Crippen LogP contribution in [0.15, 0.2) is 114 Å². The SMILES string of the molecule is CC(=O)Oc1cc2c(c3ccccc13)C(CCl)CN2C(=O)c1cc2cc(CC(=O)c3cc4cc(CC(=O)CCSSC[C@H](CC(=O)[C@H](CC(=O)O)NC(=O)[C@H](CCCNC(=N)N)CC(=O)CCCNC(=O)c5ccc(NCc6cnc7nc(N)[nH]c(=O)c7n6)cc5)C(=O)O)ccc4[nH]3)ccc2[nH]1. The third-order valence-corrected chi connectivity index (χ3v) is 19.9. The number of Topliss-reactive ketones (excluding diaryl/α,β-unsaturated/α-hetero) is 4. The Morgan fingerprint density at radius 1 is 0.775 bits per heavy atom. The lowest BCUT2D eigenvalue weighted by Crippen LogP contribution is -2.46. The highest BCUT2D eigenvalue weighted by Crippen LogP contribution is 2.46. The largest absolute Gasteiger partial charge is 0.481 e. The van der Waals surface area contributed by atoms with Gasteiger partial charge in [0.15, 0.2) is 28.7 Å². The van der Waals surface area contributed by atoms with Crippen molar-refractivity contribution in [2.45, 2.75) is 89.6 Å². The van der Waals surface area contributed by atoms with Crippen LogP contribution >= 0.6 is 33.2 Å². The van der Waals surface area contributed by atoms with E-state index in [2.05, 4.69) is 51.2 Å². The molecule has 3 amide bonds. The molecule has 0 saturated carbocycles. The fourth-order valence-electron chi connectivity index (χ4n) is 12.1. The van der Waals surface area contributed by atoms with Crippen molar-refractivity contribution >= 4 is 159 Å². The highest BCUT2D eigenvalue weighted by atomic mass is 35.5. The third kappa shape index (κ3) is 19.1. The molecule has 0 saturated heterocycles. The zero-order chi connectivity index (χ0) is 72.7. The molecule has 0 fully saturated rings. The summed E-state index contributed by atoms with van der Waals surface area (Å²) >= 11 is 6.49. The van der Waals surface area contributed by atoms with Crippen molar-refractivity contribution in [1.82, 2.24) is 45.9 Å². The second kappa shape index (κ2) is 33.9. The topological polar surface area (TPSA) is 451 Å². The number of ketones is 4. The number of nitrogens with zero attached hydrogens (tertiary/aromatic N) is 4. The molecule has 14 N–H and O–H groups in total. The van der Waals surface area contributed by atoms with Crippen LogP contribution in [0.1, 0.15) is 118 Å². The second-order valence-electron chi connectivity index (χ2n) is 24.7. The van der Waals surface area contributed by atoms with E-state index in [-0.39, 0.29) is 135 Å². The number of H-pyrrole nitrogens is 3. The van der Waals surface area contributed by atoms with Gasteiger partial charge in [0, 0.05) is 139 Å². The number of guanidine groups is 1. The number of carboxylic acids is 2. The summed E-state index contributed by atoms with van der Waals surface area (Å²) in [6.45, 7) is 2.11. The molecular weight excluding hydrogens is 1370 g/mol. The minimum atomic E-state index is -1.63. The lowest BCUT2D eigenvalue weighted by molar-refractivity contribution is -0.144. The molecule has 5 heterocycles. The van der Waals surface area contributed by atoms with Gasteiger partial charge < -0.3 is 62.6 Å². The number of ether oxygens (including phenoxy) is 1. The maximum Gasteiger partial charge on any atom is 0.308 e. The number of carbonyl (C=O) groups is 10. The first-order valence-corrected chi connectivity index (χ1v) is 35.6. The number of nitrogen functional groups attached to an aromatic ring is 1. The Bertz CT molecular complexity index is 4810. The predicted octanol–water partition coefficient (Wildman–Crippen LogP) is 7.91. The molecule has 0 bridgehead atoms. The summed E-state index contributed by atoms with van der Waals surface area (Å²) in [5.41, 5.74) is 17.1. The van der Waals surface area contributed by atoms with E-state index >= 15 is 0 Å². The lowest BCUT2D eigenvalue weighted by Gasteiger charge is -2.22. The van der Waals surface area contributed by atoms with Gasteiger partial charge in [0.1, 0.15) is 23.0 Å². The normalized spacial score (nSPS) is 13.5. The summed E-state index contributed by atoms with van der Waals surface area (Å²) in [7, 11) is 2.35. The zero-order valence-corrected chi connectivity index (χ0v) is 57.5. The standard InChI is InChI=1S/C71H73ClN14O14S2/c1-37(87)100-60-31-57-62(51-9-3-2-8-50(51)60)45(32-72)35-86(57)68(97)56-28-43-23-39(11-17-53(43)82-56)25-58(90)54-27-42-22-38(10-16-52(42)81-54)24-49(89)18-21-101-102-36-44(69(98)99)29-59(91)55(30-61(92)93)83-66(95)41(6-4-20-77-70(73)74)26-48(88)7-5-19-76-65(94)40-12-14-46(15-13-40)78-33-47-34-79-64-63(80-47)67(96)85-71(75)84-64/h2-3,8-17,22-23,27-28,31,34,41,44-45,55,78,81-82H,4-7,18-21,24-26,29-30,32-33,35-36H2,1H3,(H,76,94)(H,83,95)(H,92,93)(H,98,99)(H4,73,74,77)(H3,75,79,84,85,96)/t41-,44+,45?,55+/m1/s1. The first-order chi connectivity index (χ1) is 49.0. The van der Waals surface area contributed by atoms with Crippen molar-refractivity contribution in [2.24, 2.45) is 17.6 Å². The number of hydrogen-bond acceptors (Lipinski definition) is 20. The smallest absolute Gasteiger partial charge is 0.308 e. The number of amides is 3. The summed E-state index contributed by atoms with van der Waals surface area (Å²) in [6.07, 6.45) is 0.388. The van der Waals surface area contributed by atoms with Crippen molar-refractivity contribution in [2.75, 3.05) is 53.0 Å². The van der Waals surface area contributed by atoms with Crippen molar-refractivity contribution in [1.29, 1.82) is 5.41 Å². The summed E-state index contributed by atoms with van der Waals surface area (Å²) < 4.78 is 5.59. The van der Waals surface area contributed by atoms with E-state index in [4.69, 9.17) is 33.2 Å². The molecule has 4 aromatic heterocycles. The maximum atomic E-state index is 14.3. The number of halogens is 1. The number of carbonyl (C=O) groups excluding carboxylic acids is 8. The van der Waals surface area contributed by atoms with Crippen molar-refractivity contribution < 1.29 is 62.9 Å². The molecule has 10 rings (SSSR count). The average Bonchev–Trinajstić information content (AvgIpc) is 1.55. The zero-order valence-electron chi connectivity index (χ0n) is 55.2. The van der Waals surface area contributed by atoms with Crippen LogP contribution in [-0.2, 0) is 52.9 Å². The quantitative estimate of drug-likeness (QED) is 0.00259. The molecule has 102 heavy (non-hydrogen) atoms. The van der Waals surface area contributed by atoms with Crippen LogP contribution in [-0.4, -0.2) is 148 Å². The minimum absolute atomic E-state index is 0.0329. The number of aromatic nitrogens is 6. The predicted molar refractivity (Wildman–Crippen MR) is 388 cm³/mol. The van der Waals surface area contributed by atoms with E-state index < -0.39 is 71.8 Å². The van der Waals surface area contributed by atoms with Crippen LogP contribution in [0.4, 0.5) is 17.3 Å². The average molecular weight is 1450 g/mol. The Kier molecular flexibility index (Phi) is 24.5. The first-order valence-electron chi connectivity index (χ1n) is 32.6. The molecule has 28 nitrogen and oxygen atoms in total. The monoisotopic (exact) mass is 1440 g/mol. The van der Waals surface area contributed by atoms with Gasteiger partial charge in [0.25, 0.3) is 17.4 Å². The van der Waals surface area contributed by atoms with E-state index in [1.54, 1.807) is 59.5 Å². The van der Waals surface area contributed by atoms with E-state index in [0.29, 0.717) is 74.2 Å². The van der Waals surface area contributed by atoms with Gasteiger partial charge in [-0.2, -0.15) is 4.98 Å². The molecule has 31 heteroatoms. The fourth-order valence-corrected chi connectivity index (χ4v) is 14.7. The molecule has 0 spiro atoms. The molecule has 0 radical (unpaired) electrons. The number of esters is 1. The summed E-state index contributed by atoms with van der Waals surface area (Å²) in [5.74, 6) is -8.37. The van der Waals surface area contributed by atoms with Crippen molar-refractivity contribution in [3.8, 4) is 5.75 Å². The van der Waals surface area contributed by atoms with Crippen LogP contribution in [0.2, 0.25) is 0 Å². The van der Waals surface area contributed by atoms with Crippen LogP contribution in [0.5, 0.6) is 5.75 Å². The van der Waals surface area contributed by atoms with Crippen molar-refractivity contribution in [3.05, 3.63) is 159 Å². The van der Waals surface area contributed by atoms with Crippen molar-refractivity contribution in [3.63, 3.8) is 0 Å². The van der Waals surface area contributed by atoms with E-state index in [1.807, 2.05) is 48.5 Å². The molecule has 1 unspecified atom stereocenters. The second-order valence-corrected chi connectivity index (χ2v) is 27.6. The third-order valence-electron chi connectivity index (χ3n) is 17.1. The molecule has 530 valence electrons. The number of fused-ring (bicyclic) bond motifs is 6. The highest BCUT2D eigenvalue weighted by Gasteiger charge is 2.37. The van der Waals surface area contributed by atoms with Gasteiger partial charge in [-0.15, -0.1) is 11.6 Å². The molecule has 1 aliphatic heterocycles. The molecule has 4 atom stereocenters. The van der Waals surface area contributed by atoms with E-state index in [9.17, 15) is 63.0 Å². The van der Waals surface area contributed by atoms with Crippen LogP contribution < -0.4 is 47.9 Å². The number of aromatic amines is 3. The fraction of sp³-hybridized carbons (Fsp3) is 0.310. The molecule has 0 aliphatic carbocycles. The minimum Gasteiger partial charge on any atom is -0.481 e. The Hall–Kier alpha value is -11.0. The molecule has 9 aromatic rings. The number of aliphatic carboxylic acids is 2. The van der Waals surface area contributed by atoms with Crippen LogP contribution in [0.3, 0.4) is 0 Å². The number of hydrogen-bond donors (Lipinski definition) is 12. The Morgan fingerprint density at radius 3 is 2.17 bits per heavy atom. The number of anilines is 3. The number of rotatable bonds is 36. The first kappa shape index (κ1) is 73.7. The van der Waals surface area contributed by atoms with E-state index in [0.717, 1.165) is 37.9 Å². The maximum absolute atomic E-state index is 14.3. The summed E-state index contributed by atoms with van der Waals surface area (Å²) in [4.78, 5) is 167. The van der Waals surface area contributed by atoms with Gasteiger partial charge in [-0.25, -0.2) is 9.97 Å². The van der Waals surface area contributed by atoms with Gasteiger partial charge in [-0.3, -0.25) is 63.1 Å². The lowest BCUT2D eigenvalue weighted by atomic mass is 9.92. The summed E-state index contributed by atoms with van der Waals surface area (Å²) in [5, 5.41) is 41.4. The van der Waals surface area contributed by atoms with Gasteiger partial charge in [0.05, 0.1) is 48.2 Å². The Balaban J connectivity index is 0.656. The van der Waals surface area contributed by atoms with Crippen LogP contribution in [0, 0.1) is 17.2 Å². The number of alkyl halides is 1. The van der Waals surface area contributed by atoms with Gasteiger partial charge in [-0.05, 0) is 102 Å². The van der Waals surface area contributed by atoms with Gasteiger partial charge >= 0.3 is 17.9 Å². The summed E-state index contributed by atoms with van der Waals surface area (Å²) in [6, 6.07) is 28.5. The number of benzene rings is 5. The van der Waals surface area contributed by atoms with E-state index in [1.165, 1.54) is 23.9 Å². The highest BCUT2D eigenvalue weighted by molar-refractivity contribution is 8.76. The number of nitrogens with one attached hydrogen (secondary N) is 8. The Morgan fingerprint density at radius 2 is 1.47 bits per heavy atom. The molecule has 1 aliphatic rings. The molecular formula is C71H73ClN14O14S2. The Labute approximate surface area is 594 Å².